The van der Waals surface area contributed by atoms with Gasteiger partial charge in [-0.1, -0.05) is 5.21 Å². The van der Waals surface area contributed by atoms with E-state index in [0.717, 1.165) is 38.2 Å². The van der Waals surface area contributed by atoms with E-state index in [0.29, 0.717) is 13.2 Å². The zero-order chi connectivity index (χ0) is 12.3. The van der Waals surface area contributed by atoms with Crippen LogP contribution in [0.5, 0.6) is 0 Å². The SMILES string of the molecule is COCCOCCCCNCc1cn(C)nn1. The van der Waals surface area contributed by atoms with Gasteiger partial charge in [-0.2, -0.15) is 0 Å². The molecule has 98 valence electrons. The molecule has 0 saturated carbocycles. The minimum absolute atomic E-state index is 0.672. The Morgan fingerprint density at radius 2 is 2.18 bits per heavy atom. The molecule has 0 amide bonds. The quantitative estimate of drug-likeness (QED) is 0.600. The van der Waals surface area contributed by atoms with Gasteiger partial charge in [0.1, 0.15) is 0 Å². The van der Waals surface area contributed by atoms with Crippen molar-refractivity contribution in [3.8, 4) is 0 Å². The Morgan fingerprint density at radius 3 is 2.88 bits per heavy atom. The lowest BCUT2D eigenvalue weighted by molar-refractivity contribution is 0.0688. The topological polar surface area (TPSA) is 61.2 Å². The first kappa shape index (κ1) is 14.1. The summed E-state index contributed by atoms with van der Waals surface area (Å²) in [5, 5.41) is 11.2. The summed E-state index contributed by atoms with van der Waals surface area (Å²) in [5.74, 6) is 0. The number of aromatic nitrogens is 3. The van der Waals surface area contributed by atoms with Crippen LogP contribution in [0.2, 0.25) is 0 Å². The van der Waals surface area contributed by atoms with Crippen LogP contribution in [0, 0.1) is 0 Å². The molecule has 0 aliphatic heterocycles. The number of rotatable bonds is 10. The van der Waals surface area contributed by atoms with Crippen LogP contribution in [-0.4, -0.2) is 48.5 Å². The minimum atomic E-state index is 0.672. The number of unbranched alkanes of at least 4 members (excludes halogenated alkanes) is 1. The van der Waals surface area contributed by atoms with E-state index in [9.17, 15) is 0 Å². The Bertz CT molecular complexity index is 291. The Kier molecular flexibility index (Phi) is 7.53. The van der Waals surface area contributed by atoms with E-state index in [1.807, 2.05) is 13.2 Å². The molecule has 6 heteroatoms. The first-order valence-corrected chi connectivity index (χ1v) is 5.95. The van der Waals surface area contributed by atoms with E-state index in [1.54, 1.807) is 11.8 Å². The van der Waals surface area contributed by atoms with Crippen LogP contribution in [-0.2, 0) is 23.1 Å². The fourth-order valence-electron chi connectivity index (χ4n) is 1.39. The number of ether oxygens (including phenoxy) is 2. The molecule has 0 bridgehead atoms. The third kappa shape index (κ3) is 7.04. The lowest BCUT2D eigenvalue weighted by Crippen LogP contribution is -2.15. The molecule has 0 spiro atoms. The second-order valence-electron chi connectivity index (χ2n) is 3.87. The normalized spacial score (nSPS) is 10.9. The number of aryl methyl sites for hydroxylation is 1. The van der Waals surface area contributed by atoms with Crippen molar-refractivity contribution in [3.05, 3.63) is 11.9 Å². The maximum atomic E-state index is 5.36. The van der Waals surface area contributed by atoms with Gasteiger partial charge in [-0.05, 0) is 19.4 Å². The van der Waals surface area contributed by atoms with Crippen molar-refractivity contribution >= 4 is 0 Å². The molecule has 0 fully saturated rings. The third-order valence-corrected chi connectivity index (χ3v) is 2.28. The first-order valence-electron chi connectivity index (χ1n) is 5.95. The van der Waals surface area contributed by atoms with Crippen LogP contribution in [0.25, 0.3) is 0 Å². The number of nitrogens with one attached hydrogen (secondary N) is 1. The summed E-state index contributed by atoms with van der Waals surface area (Å²) in [7, 11) is 3.55. The van der Waals surface area contributed by atoms with Crippen LogP contribution in [0.1, 0.15) is 18.5 Å². The zero-order valence-corrected chi connectivity index (χ0v) is 10.7. The molecular weight excluding hydrogens is 220 g/mol. The Labute approximate surface area is 102 Å². The summed E-state index contributed by atoms with van der Waals surface area (Å²) in [6.45, 7) is 3.91. The molecule has 0 aliphatic carbocycles. The molecule has 1 aromatic rings. The molecule has 0 radical (unpaired) electrons. The standard InChI is InChI=1S/C11H22N4O2/c1-15-10-11(13-14-15)9-12-5-3-4-6-17-8-7-16-2/h10,12H,3-9H2,1-2H3. The fourth-order valence-corrected chi connectivity index (χ4v) is 1.39. The lowest BCUT2D eigenvalue weighted by atomic mass is 10.3. The van der Waals surface area contributed by atoms with Crippen molar-refractivity contribution in [1.29, 1.82) is 0 Å². The van der Waals surface area contributed by atoms with Gasteiger partial charge in [0.25, 0.3) is 0 Å². The average Bonchev–Trinajstić information content (AvgIpc) is 2.73. The maximum absolute atomic E-state index is 5.36. The summed E-state index contributed by atoms with van der Waals surface area (Å²) in [4.78, 5) is 0. The van der Waals surface area contributed by atoms with Crippen molar-refractivity contribution in [2.75, 3.05) is 33.5 Å². The Balaban J connectivity index is 1.84. The molecule has 0 unspecified atom stereocenters. The average molecular weight is 242 g/mol. The minimum Gasteiger partial charge on any atom is -0.382 e. The van der Waals surface area contributed by atoms with Crippen molar-refractivity contribution in [2.45, 2.75) is 19.4 Å². The summed E-state index contributed by atoms with van der Waals surface area (Å²) >= 11 is 0. The van der Waals surface area contributed by atoms with E-state index in [-0.39, 0.29) is 0 Å². The highest BCUT2D eigenvalue weighted by Crippen LogP contribution is 1.92. The Hall–Kier alpha value is -0.980. The summed E-state index contributed by atoms with van der Waals surface area (Å²) in [5.41, 5.74) is 0.976. The molecule has 1 rings (SSSR count). The van der Waals surface area contributed by atoms with Crippen LogP contribution >= 0.6 is 0 Å². The van der Waals surface area contributed by atoms with Gasteiger partial charge in [0, 0.05) is 33.5 Å². The van der Waals surface area contributed by atoms with Crippen LogP contribution in [0.15, 0.2) is 6.20 Å². The summed E-state index contributed by atoms with van der Waals surface area (Å²) in [6.07, 6.45) is 4.09. The predicted molar refractivity (Wildman–Crippen MR) is 64.6 cm³/mol. The van der Waals surface area contributed by atoms with Crippen molar-refractivity contribution in [2.24, 2.45) is 7.05 Å². The molecule has 0 aromatic carbocycles. The van der Waals surface area contributed by atoms with Gasteiger partial charge in [0.15, 0.2) is 0 Å². The molecule has 1 N–H and O–H groups in total. The molecule has 1 heterocycles. The van der Waals surface area contributed by atoms with Gasteiger partial charge in [-0.25, -0.2) is 0 Å². The molecule has 6 nitrogen and oxygen atoms in total. The van der Waals surface area contributed by atoms with Crippen molar-refractivity contribution in [3.63, 3.8) is 0 Å². The van der Waals surface area contributed by atoms with Crippen molar-refractivity contribution in [1.82, 2.24) is 20.3 Å². The van der Waals surface area contributed by atoms with E-state index < -0.39 is 0 Å². The highest BCUT2D eigenvalue weighted by atomic mass is 16.5. The van der Waals surface area contributed by atoms with Crippen LogP contribution in [0.4, 0.5) is 0 Å². The summed E-state index contributed by atoms with van der Waals surface area (Å²) < 4.78 is 12.0. The maximum Gasteiger partial charge on any atom is 0.0964 e. The smallest absolute Gasteiger partial charge is 0.0964 e. The first-order chi connectivity index (χ1) is 8.33. The molecule has 0 saturated heterocycles. The van der Waals surface area contributed by atoms with E-state index >= 15 is 0 Å². The van der Waals surface area contributed by atoms with Gasteiger partial charge in [0.2, 0.25) is 0 Å². The molecular formula is C11H22N4O2. The monoisotopic (exact) mass is 242 g/mol. The van der Waals surface area contributed by atoms with E-state index in [1.165, 1.54) is 0 Å². The van der Waals surface area contributed by atoms with Gasteiger partial charge in [-0.3, -0.25) is 4.68 Å². The van der Waals surface area contributed by atoms with Crippen LogP contribution in [0.3, 0.4) is 0 Å². The number of hydrogen-bond acceptors (Lipinski definition) is 5. The molecule has 17 heavy (non-hydrogen) atoms. The van der Waals surface area contributed by atoms with Crippen LogP contribution < -0.4 is 5.32 Å². The second-order valence-corrected chi connectivity index (χ2v) is 3.87. The Morgan fingerprint density at radius 1 is 1.29 bits per heavy atom. The van der Waals surface area contributed by atoms with Crippen molar-refractivity contribution < 1.29 is 9.47 Å². The lowest BCUT2D eigenvalue weighted by Gasteiger charge is -2.04. The second kappa shape index (κ2) is 9.09. The van der Waals surface area contributed by atoms with E-state index in [4.69, 9.17) is 9.47 Å². The molecule has 0 atom stereocenters. The van der Waals surface area contributed by atoms with E-state index in [2.05, 4.69) is 15.6 Å². The van der Waals surface area contributed by atoms with Gasteiger partial charge < -0.3 is 14.8 Å². The zero-order valence-electron chi connectivity index (χ0n) is 10.7. The molecule has 1 aromatic heterocycles. The number of methoxy groups -OCH3 is 1. The largest absolute Gasteiger partial charge is 0.382 e. The third-order valence-electron chi connectivity index (χ3n) is 2.28. The summed E-state index contributed by atoms with van der Waals surface area (Å²) in [6, 6.07) is 0. The predicted octanol–water partition coefficient (Wildman–Crippen LogP) is 0.348. The fraction of sp³-hybridized carbons (Fsp3) is 0.818. The van der Waals surface area contributed by atoms with Gasteiger partial charge in [0.05, 0.1) is 18.9 Å². The highest BCUT2D eigenvalue weighted by molar-refractivity contribution is 4.90. The number of hydrogen-bond donors (Lipinski definition) is 1. The highest BCUT2D eigenvalue weighted by Gasteiger charge is 1.96. The van der Waals surface area contributed by atoms with Gasteiger partial charge >= 0.3 is 0 Å². The van der Waals surface area contributed by atoms with Gasteiger partial charge in [-0.15, -0.1) is 5.10 Å². The molecule has 0 aliphatic rings. The number of nitrogens with zero attached hydrogens (tertiary/aromatic N) is 3.